The van der Waals surface area contributed by atoms with Crippen LogP contribution in [-0.2, 0) is 17.8 Å². The Kier molecular flexibility index (Phi) is 3.92. The van der Waals surface area contributed by atoms with Crippen molar-refractivity contribution < 1.29 is 9.47 Å². The van der Waals surface area contributed by atoms with Crippen molar-refractivity contribution in [1.82, 2.24) is 9.78 Å². The molecule has 0 saturated carbocycles. The maximum Gasteiger partial charge on any atom is 0.139 e. The van der Waals surface area contributed by atoms with Crippen molar-refractivity contribution in [1.29, 1.82) is 0 Å². The van der Waals surface area contributed by atoms with Crippen LogP contribution in [0.25, 0.3) is 5.69 Å². The second-order valence-corrected chi connectivity index (χ2v) is 6.20. The topological polar surface area (TPSA) is 36.3 Å². The van der Waals surface area contributed by atoms with Gasteiger partial charge in [-0.2, -0.15) is 5.10 Å². The van der Waals surface area contributed by atoms with E-state index in [-0.39, 0.29) is 6.10 Å². The van der Waals surface area contributed by atoms with Gasteiger partial charge in [0.2, 0.25) is 0 Å². The Hall–Kier alpha value is -0.790. The highest BCUT2D eigenvalue weighted by Gasteiger charge is 2.24. The fraction of sp³-hybridized carbons (Fsp3) is 0.357. The molecule has 1 atom stereocenters. The van der Waals surface area contributed by atoms with Gasteiger partial charge < -0.3 is 9.47 Å². The summed E-state index contributed by atoms with van der Waals surface area (Å²) >= 11 is 8.33. The first-order chi connectivity index (χ1) is 9.60. The molecule has 1 aliphatic heterocycles. The van der Waals surface area contributed by atoms with E-state index in [9.17, 15) is 0 Å². The van der Waals surface area contributed by atoms with Gasteiger partial charge in [-0.3, -0.25) is 0 Å². The number of fused-ring (bicyclic) bond motifs is 1. The molecule has 0 aliphatic carbocycles. The van der Waals surface area contributed by atoms with Crippen LogP contribution in [0, 0.1) is 3.70 Å². The average molecular weight is 405 g/mol. The first-order valence-electron chi connectivity index (χ1n) is 6.32. The number of halogens is 2. The van der Waals surface area contributed by atoms with Crippen molar-refractivity contribution in [3.05, 3.63) is 38.2 Å². The number of ether oxygens (including phenoxy) is 2. The van der Waals surface area contributed by atoms with Crippen molar-refractivity contribution in [2.45, 2.75) is 26.1 Å². The Balaban J connectivity index is 2.11. The van der Waals surface area contributed by atoms with E-state index in [4.69, 9.17) is 21.1 Å². The number of benzene rings is 1. The molecule has 2 heterocycles. The number of hydrogen-bond donors (Lipinski definition) is 0. The molecule has 0 bridgehead atoms. The third-order valence-electron chi connectivity index (χ3n) is 3.41. The minimum atomic E-state index is 0.211. The van der Waals surface area contributed by atoms with Crippen LogP contribution in [0.5, 0.6) is 5.75 Å². The van der Waals surface area contributed by atoms with Crippen LogP contribution in [-0.4, -0.2) is 23.0 Å². The van der Waals surface area contributed by atoms with Gasteiger partial charge in [0.25, 0.3) is 0 Å². The van der Waals surface area contributed by atoms with E-state index in [1.54, 1.807) is 7.11 Å². The van der Waals surface area contributed by atoms with Crippen molar-refractivity contribution in [3.8, 4) is 11.4 Å². The van der Waals surface area contributed by atoms with E-state index in [2.05, 4.69) is 34.6 Å². The van der Waals surface area contributed by atoms with E-state index in [1.165, 1.54) is 11.3 Å². The number of hydrogen-bond acceptors (Lipinski definition) is 3. The summed E-state index contributed by atoms with van der Waals surface area (Å²) in [6, 6.07) is 5.69. The largest absolute Gasteiger partial charge is 0.495 e. The fourth-order valence-electron chi connectivity index (χ4n) is 2.36. The fourth-order valence-corrected chi connectivity index (χ4v) is 3.24. The monoisotopic (exact) mass is 404 g/mol. The quantitative estimate of drug-likeness (QED) is 0.718. The van der Waals surface area contributed by atoms with Crippen LogP contribution in [0.15, 0.2) is 18.2 Å². The van der Waals surface area contributed by atoms with E-state index in [0.29, 0.717) is 17.4 Å². The lowest BCUT2D eigenvalue weighted by atomic mass is 10.1. The van der Waals surface area contributed by atoms with Gasteiger partial charge in [-0.05, 0) is 41.6 Å². The summed E-state index contributed by atoms with van der Waals surface area (Å²) in [4.78, 5) is 0. The highest BCUT2D eigenvalue weighted by Crippen LogP contribution is 2.31. The Morgan fingerprint density at radius 1 is 1.50 bits per heavy atom. The summed E-state index contributed by atoms with van der Waals surface area (Å²) in [6.45, 7) is 2.70. The van der Waals surface area contributed by atoms with Crippen molar-refractivity contribution in [3.63, 3.8) is 0 Å². The maximum absolute atomic E-state index is 6.08. The third-order valence-corrected chi connectivity index (χ3v) is 4.59. The van der Waals surface area contributed by atoms with Crippen molar-refractivity contribution in [2.75, 3.05) is 7.11 Å². The number of aromatic nitrogens is 2. The molecule has 20 heavy (non-hydrogen) atoms. The molecule has 0 spiro atoms. The second kappa shape index (κ2) is 5.54. The lowest BCUT2D eigenvalue weighted by molar-refractivity contribution is 0.0395. The summed E-state index contributed by atoms with van der Waals surface area (Å²) < 4.78 is 13.9. The van der Waals surface area contributed by atoms with Gasteiger partial charge in [-0.1, -0.05) is 11.6 Å². The highest BCUT2D eigenvalue weighted by atomic mass is 127. The minimum absolute atomic E-state index is 0.211. The zero-order valence-electron chi connectivity index (χ0n) is 11.2. The maximum atomic E-state index is 6.08. The molecule has 1 aromatic carbocycles. The van der Waals surface area contributed by atoms with Gasteiger partial charge in [-0.25, -0.2) is 4.68 Å². The van der Waals surface area contributed by atoms with Crippen molar-refractivity contribution >= 4 is 34.2 Å². The van der Waals surface area contributed by atoms with Crippen LogP contribution in [0.1, 0.15) is 18.2 Å². The summed E-state index contributed by atoms with van der Waals surface area (Å²) in [7, 11) is 1.61. The van der Waals surface area contributed by atoms with E-state index in [0.717, 1.165) is 15.8 Å². The van der Waals surface area contributed by atoms with Crippen molar-refractivity contribution in [2.24, 2.45) is 0 Å². The molecule has 0 saturated heterocycles. The lowest BCUT2D eigenvalue weighted by Crippen LogP contribution is -2.21. The highest BCUT2D eigenvalue weighted by molar-refractivity contribution is 14.1. The Labute approximate surface area is 136 Å². The van der Waals surface area contributed by atoms with E-state index < -0.39 is 0 Å². The predicted octanol–water partition coefficient (Wildman–Crippen LogP) is 3.60. The molecule has 1 unspecified atom stereocenters. The molecule has 1 aliphatic rings. The van der Waals surface area contributed by atoms with Gasteiger partial charge in [0.05, 0.1) is 36.2 Å². The second-order valence-electron chi connectivity index (χ2n) is 4.77. The predicted molar refractivity (Wildman–Crippen MR) is 85.8 cm³/mol. The van der Waals surface area contributed by atoms with Gasteiger partial charge in [0, 0.05) is 18.1 Å². The molecule has 6 heteroatoms. The van der Waals surface area contributed by atoms with Gasteiger partial charge in [-0.15, -0.1) is 0 Å². The van der Waals surface area contributed by atoms with Crippen LogP contribution in [0.4, 0.5) is 0 Å². The summed E-state index contributed by atoms with van der Waals surface area (Å²) in [5, 5.41) is 5.23. The first kappa shape index (κ1) is 14.2. The smallest absolute Gasteiger partial charge is 0.139 e. The number of methoxy groups -OCH3 is 1. The van der Waals surface area contributed by atoms with Crippen LogP contribution in [0.3, 0.4) is 0 Å². The zero-order valence-corrected chi connectivity index (χ0v) is 14.1. The first-order valence-corrected chi connectivity index (χ1v) is 7.77. The molecule has 2 aromatic rings. The molecule has 106 valence electrons. The average Bonchev–Trinajstić information content (AvgIpc) is 2.76. The third kappa shape index (κ3) is 2.42. The summed E-state index contributed by atoms with van der Waals surface area (Å²) in [6.07, 6.45) is 1.07. The van der Waals surface area contributed by atoms with Gasteiger partial charge >= 0.3 is 0 Å². The molecular formula is C14H14ClIN2O2. The molecule has 0 N–H and O–H groups in total. The van der Waals surface area contributed by atoms with Gasteiger partial charge in [0.15, 0.2) is 0 Å². The van der Waals surface area contributed by atoms with Crippen LogP contribution in [0.2, 0.25) is 5.02 Å². The van der Waals surface area contributed by atoms with Gasteiger partial charge in [0.1, 0.15) is 9.45 Å². The van der Waals surface area contributed by atoms with E-state index >= 15 is 0 Å². The summed E-state index contributed by atoms with van der Waals surface area (Å²) in [5.41, 5.74) is 3.34. The minimum Gasteiger partial charge on any atom is -0.495 e. The van der Waals surface area contributed by atoms with Crippen LogP contribution < -0.4 is 4.74 Å². The normalized spacial score (nSPS) is 17.9. The lowest BCUT2D eigenvalue weighted by Gasteiger charge is -2.21. The molecule has 4 nitrogen and oxygen atoms in total. The molecule has 0 amide bonds. The molecule has 1 aromatic heterocycles. The molecule has 0 fully saturated rings. The molecular weight excluding hydrogens is 391 g/mol. The number of nitrogens with zero attached hydrogens (tertiary/aromatic N) is 2. The Morgan fingerprint density at radius 2 is 2.30 bits per heavy atom. The Morgan fingerprint density at radius 3 is 3.05 bits per heavy atom. The molecule has 3 rings (SSSR count). The SMILES string of the molecule is COc1cc(-n2nc(I)c3c2CC(C)OC3)ccc1Cl. The zero-order chi connectivity index (χ0) is 14.3. The standard InChI is InChI=1S/C14H14ClIN2O2/c1-8-5-12-10(7-20-8)14(16)17-18(12)9-3-4-11(15)13(6-9)19-2/h3-4,6,8H,5,7H2,1-2H3. The molecule has 0 radical (unpaired) electrons. The Bertz CT molecular complexity index is 657. The van der Waals surface area contributed by atoms with E-state index in [1.807, 2.05) is 22.9 Å². The summed E-state index contributed by atoms with van der Waals surface area (Å²) in [5.74, 6) is 0.656. The van der Waals surface area contributed by atoms with Crippen LogP contribution >= 0.6 is 34.2 Å². The number of rotatable bonds is 2.